The molecule has 0 radical (unpaired) electrons. The standard InChI is InChI=1S/C26H34N6O4.ClH/c27-18-23(33)31-17-9-14-22(31)24(34)32(21-12-5-2-6-13-21)25(28)29-15-7-8-16-30-26(35)36-19-20-10-3-1-4-11-20;/h1-6,10-13,22H,7-9,14-19,27H2,(H2,28,29)(H,30,35);1H/t22-;/m0./s1. The molecule has 10 nitrogen and oxygen atoms in total. The molecule has 1 fully saturated rings. The van der Waals surface area contributed by atoms with Crippen LogP contribution in [0, 0.1) is 0 Å². The average Bonchev–Trinajstić information content (AvgIpc) is 3.40. The SMILES string of the molecule is Cl.NCC(=O)N1CCC[C@H]1C(=O)N(C(N)=NCCCCNC(=O)OCc1ccccc1)c1ccccc1. The highest BCUT2D eigenvalue weighted by Gasteiger charge is 2.37. The predicted octanol–water partition coefficient (Wildman–Crippen LogP) is 2.41. The molecule has 0 aliphatic carbocycles. The second kappa shape index (κ2) is 15.5. The second-order valence-electron chi connectivity index (χ2n) is 8.39. The molecule has 3 amide bonds. The van der Waals surface area contributed by atoms with Gasteiger partial charge in [0.2, 0.25) is 11.9 Å². The van der Waals surface area contributed by atoms with Crippen molar-refractivity contribution < 1.29 is 19.1 Å². The van der Waals surface area contributed by atoms with E-state index in [2.05, 4.69) is 10.3 Å². The van der Waals surface area contributed by atoms with Gasteiger partial charge >= 0.3 is 6.09 Å². The minimum atomic E-state index is -0.624. The van der Waals surface area contributed by atoms with Crippen molar-refractivity contribution in [2.24, 2.45) is 16.5 Å². The Kier molecular flexibility index (Phi) is 12.4. The monoisotopic (exact) mass is 530 g/mol. The number of carbonyl (C=O) groups is 3. The van der Waals surface area contributed by atoms with Gasteiger partial charge in [0.15, 0.2) is 0 Å². The van der Waals surface area contributed by atoms with E-state index in [1.54, 1.807) is 12.1 Å². The molecule has 5 N–H and O–H groups in total. The highest BCUT2D eigenvalue weighted by molar-refractivity contribution is 6.17. The van der Waals surface area contributed by atoms with Gasteiger partial charge in [-0.3, -0.25) is 14.6 Å². The average molecular weight is 531 g/mol. The van der Waals surface area contributed by atoms with Crippen molar-refractivity contribution in [2.75, 3.05) is 31.1 Å². The number of carbonyl (C=O) groups excluding carboxylic acids is 3. The molecular formula is C26H35ClN6O4. The van der Waals surface area contributed by atoms with Crippen LogP contribution in [0.2, 0.25) is 0 Å². The van der Waals surface area contributed by atoms with Crippen molar-refractivity contribution in [3.63, 3.8) is 0 Å². The van der Waals surface area contributed by atoms with E-state index in [1.807, 2.05) is 48.5 Å². The molecule has 0 aromatic heterocycles. The number of halogens is 1. The minimum Gasteiger partial charge on any atom is -0.445 e. The maximum atomic E-state index is 13.5. The molecule has 1 aliphatic rings. The number of ether oxygens (including phenoxy) is 1. The number of benzene rings is 2. The van der Waals surface area contributed by atoms with Crippen LogP contribution in [0.15, 0.2) is 65.7 Å². The summed E-state index contributed by atoms with van der Waals surface area (Å²) in [6, 6.07) is 17.8. The van der Waals surface area contributed by atoms with Gasteiger partial charge in [0.05, 0.1) is 12.2 Å². The van der Waals surface area contributed by atoms with E-state index in [0.717, 1.165) is 12.0 Å². The lowest BCUT2D eigenvalue weighted by atomic mass is 10.1. The number of likely N-dealkylation sites (tertiary alicyclic amines) is 1. The zero-order chi connectivity index (χ0) is 25.8. The number of aliphatic imine (C=N–C) groups is 1. The Bertz CT molecular complexity index is 1040. The third-order valence-corrected chi connectivity index (χ3v) is 5.84. The van der Waals surface area contributed by atoms with Crippen LogP contribution in [0.25, 0.3) is 0 Å². The third kappa shape index (κ3) is 8.76. The Morgan fingerprint density at radius 1 is 1.05 bits per heavy atom. The number of hydrogen-bond acceptors (Lipinski definition) is 6. The molecule has 1 heterocycles. The minimum absolute atomic E-state index is 0. The molecule has 11 heteroatoms. The molecular weight excluding hydrogens is 496 g/mol. The largest absolute Gasteiger partial charge is 0.445 e. The lowest BCUT2D eigenvalue weighted by molar-refractivity contribution is -0.135. The molecule has 1 atom stereocenters. The van der Waals surface area contributed by atoms with Crippen molar-refractivity contribution in [3.8, 4) is 0 Å². The van der Waals surface area contributed by atoms with Crippen LogP contribution in [0.4, 0.5) is 10.5 Å². The van der Waals surface area contributed by atoms with Crippen LogP contribution in [0.3, 0.4) is 0 Å². The number of rotatable bonds is 10. The normalized spacial score (nSPS) is 15.0. The predicted molar refractivity (Wildman–Crippen MR) is 145 cm³/mol. The van der Waals surface area contributed by atoms with Gasteiger partial charge in [-0.1, -0.05) is 48.5 Å². The number of nitrogens with zero attached hydrogens (tertiary/aromatic N) is 3. The maximum absolute atomic E-state index is 13.5. The lowest BCUT2D eigenvalue weighted by Crippen LogP contribution is -2.53. The number of guanidine groups is 1. The summed E-state index contributed by atoms with van der Waals surface area (Å²) in [5.41, 5.74) is 13.3. The summed E-state index contributed by atoms with van der Waals surface area (Å²) in [5, 5.41) is 2.71. The summed E-state index contributed by atoms with van der Waals surface area (Å²) in [5.74, 6) is -0.498. The number of alkyl carbamates (subject to hydrolysis) is 1. The van der Waals surface area contributed by atoms with Crippen LogP contribution in [-0.2, 0) is 20.9 Å². The summed E-state index contributed by atoms with van der Waals surface area (Å²) in [6.07, 6.45) is 2.11. The first-order valence-electron chi connectivity index (χ1n) is 12.1. The third-order valence-electron chi connectivity index (χ3n) is 5.84. The number of amides is 3. The van der Waals surface area contributed by atoms with Gasteiger partial charge in [0, 0.05) is 19.6 Å². The number of nitrogens with one attached hydrogen (secondary N) is 1. The molecule has 1 saturated heterocycles. The number of anilines is 1. The molecule has 2 aromatic rings. The Labute approximate surface area is 223 Å². The van der Waals surface area contributed by atoms with Crippen LogP contribution >= 0.6 is 12.4 Å². The maximum Gasteiger partial charge on any atom is 0.407 e. The van der Waals surface area contributed by atoms with Crippen molar-refractivity contribution in [1.29, 1.82) is 0 Å². The zero-order valence-electron chi connectivity index (χ0n) is 20.8. The van der Waals surface area contributed by atoms with E-state index in [-0.39, 0.29) is 43.3 Å². The molecule has 1 aliphatic heterocycles. The van der Waals surface area contributed by atoms with Crippen molar-refractivity contribution in [1.82, 2.24) is 10.2 Å². The molecule has 200 valence electrons. The van der Waals surface area contributed by atoms with E-state index >= 15 is 0 Å². The summed E-state index contributed by atoms with van der Waals surface area (Å²) in [4.78, 5) is 44.8. The van der Waals surface area contributed by atoms with Gasteiger partial charge in [-0.15, -0.1) is 12.4 Å². The van der Waals surface area contributed by atoms with Gasteiger partial charge in [-0.05, 0) is 43.4 Å². The van der Waals surface area contributed by atoms with Crippen molar-refractivity contribution >= 4 is 42.0 Å². The zero-order valence-corrected chi connectivity index (χ0v) is 21.6. The van der Waals surface area contributed by atoms with Gasteiger partial charge in [0.25, 0.3) is 5.91 Å². The molecule has 3 rings (SSSR count). The fourth-order valence-corrected chi connectivity index (χ4v) is 4.00. The van der Waals surface area contributed by atoms with Crippen LogP contribution in [0.1, 0.15) is 31.2 Å². The summed E-state index contributed by atoms with van der Waals surface area (Å²) >= 11 is 0. The lowest BCUT2D eigenvalue weighted by Gasteiger charge is -2.29. The van der Waals surface area contributed by atoms with E-state index in [9.17, 15) is 14.4 Å². The Morgan fingerprint density at radius 2 is 1.73 bits per heavy atom. The van der Waals surface area contributed by atoms with Crippen molar-refractivity contribution in [3.05, 3.63) is 66.2 Å². The molecule has 0 bridgehead atoms. The van der Waals surface area contributed by atoms with Crippen LogP contribution < -0.4 is 21.7 Å². The number of para-hydroxylation sites is 1. The molecule has 2 aromatic carbocycles. The van der Waals surface area contributed by atoms with Gasteiger partial charge in [0.1, 0.15) is 12.6 Å². The first-order valence-corrected chi connectivity index (χ1v) is 12.1. The topological polar surface area (TPSA) is 143 Å². The fourth-order valence-electron chi connectivity index (χ4n) is 4.00. The van der Waals surface area contributed by atoms with Gasteiger partial charge in [-0.2, -0.15) is 0 Å². The highest BCUT2D eigenvalue weighted by Crippen LogP contribution is 2.23. The summed E-state index contributed by atoms with van der Waals surface area (Å²) < 4.78 is 5.18. The summed E-state index contributed by atoms with van der Waals surface area (Å²) in [6.45, 7) is 1.37. The number of unbranched alkanes of at least 4 members (excludes halogenated alkanes) is 1. The van der Waals surface area contributed by atoms with E-state index < -0.39 is 12.1 Å². The first-order chi connectivity index (χ1) is 17.5. The molecule has 0 saturated carbocycles. The van der Waals surface area contributed by atoms with E-state index in [1.165, 1.54) is 9.80 Å². The van der Waals surface area contributed by atoms with E-state index in [0.29, 0.717) is 44.6 Å². The van der Waals surface area contributed by atoms with Gasteiger partial charge in [-0.25, -0.2) is 9.69 Å². The number of hydrogen-bond donors (Lipinski definition) is 3. The van der Waals surface area contributed by atoms with Crippen LogP contribution in [-0.4, -0.2) is 61.0 Å². The smallest absolute Gasteiger partial charge is 0.407 e. The van der Waals surface area contributed by atoms with Crippen molar-refractivity contribution in [2.45, 2.75) is 38.3 Å². The molecule has 0 spiro atoms. The first kappa shape index (κ1) is 29.6. The van der Waals surface area contributed by atoms with Crippen LogP contribution in [0.5, 0.6) is 0 Å². The Balaban J connectivity index is 0.00000481. The van der Waals surface area contributed by atoms with Gasteiger partial charge < -0.3 is 26.4 Å². The Hall–Kier alpha value is -3.63. The number of nitrogens with two attached hydrogens (primary N) is 2. The quantitative estimate of drug-likeness (QED) is 0.244. The Morgan fingerprint density at radius 3 is 2.41 bits per heavy atom. The second-order valence-corrected chi connectivity index (χ2v) is 8.39. The molecule has 0 unspecified atom stereocenters. The summed E-state index contributed by atoms with van der Waals surface area (Å²) in [7, 11) is 0. The highest BCUT2D eigenvalue weighted by atomic mass is 35.5. The fraction of sp³-hybridized carbons (Fsp3) is 0.385. The molecule has 37 heavy (non-hydrogen) atoms. The van der Waals surface area contributed by atoms with E-state index in [4.69, 9.17) is 16.2 Å².